The molecule has 0 saturated heterocycles. The summed E-state index contributed by atoms with van der Waals surface area (Å²) in [6, 6.07) is 8.74. The summed E-state index contributed by atoms with van der Waals surface area (Å²) in [6.07, 6.45) is 2.48. The highest BCUT2D eigenvalue weighted by Gasteiger charge is 2.21. The van der Waals surface area contributed by atoms with Crippen molar-refractivity contribution in [1.82, 2.24) is 9.61 Å². The Hall–Kier alpha value is -1.60. The van der Waals surface area contributed by atoms with Crippen LogP contribution in [0.2, 0.25) is 5.02 Å². The van der Waals surface area contributed by atoms with Crippen molar-refractivity contribution in [2.45, 2.75) is 13.3 Å². The van der Waals surface area contributed by atoms with Crippen LogP contribution in [-0.4, -0.2) is 20.5 Å². The zero-order chi connectivity index (χ0) is 15.9. The molecule has 6 heteroatoms. The number of phenols is 1. The van der Waals surface area contributed by atoms with Gasteiger partial charge in [-0.3, -0.25) is 4.79 Å². The highest BCUT2D eigenvalue weighted by atomic mass is 127. The van der Waals surface area contributed by atoms with Gasteiger partial charge in [-0.1, -0.05) is 24.6 Å². The predicted octanol–water partition coefficient (Wildman–Crippen LogP) is 4.09. The molecule has 0 aliphatic carbocycles. The molecule has 1 aromatic carbocycles. The summed E-state index contributed by atoms with van der Waals surface area (Å²) in [5.41, 5.74) is 2.54. The maximum Gasteiger partial charge on any atom is 0.197 e. The summed E-state index contributed by atoms with van der Waals surface area (Å²) >= 11 is 7.94. The molecule has 0 spiro atoms. The van der Waals surface area contributed by atoms with Crippen LogP contribution in [0.15, 0.2) is 36.5 Å². The molecule has 0 aliphatic rings. The van der Waals surface area contributed by atoms with Crippen LogP contribution in [0.3, 0.4) is 0 Å². The van der Waals surface area contributed by atoms with Gasteiger partial charge in [-0.05, 0) is 53.3 Å². The lowest BCUT2D eigenvalue weighted by Gasteiger charge is -2.06. The standard InChI is InChI=1S/C16H12ClIN2O2/c1-2-12-14(13-5-3-4-6-20(13)19-12)15(21)9-7-10(17)16(22)11(18)8-9/h3-8,22H,2H2,1H3. The SMILES string of the molecule is CCc1nn2ccccc2c1C(=O)c1cc(Cl)c(O)c(I)c1. The largest absolute Gasteiger partial charge is 0.505 e. The maximum absolute atomic E-state index is 12.9. The minimum atomic E-state index is -0.141. The Morgan fingerprint density at radius 3 is 2.86 bits per heavy atom. The second-order valence-electron chi connectivity index (χ2n) is 4.82. The molecule has 0 aliphatic heterocycles. The number of benzene rings is 1. The molecular weight excluding hydrogens is 415 g/mol. The quantitative estimate of drug-likeness (QED) is 0.507. The van der Waals surface area contributed by atoms with Crippen molar-refractivity contribution in [2.75, 3.05) is 0 Å². The lowest BCUT2D eigenvalue weighted by molar-refractivity contribution is 0.103. The molecule has 0 unspecified atom stereocenters. The van der Waals surface area contributed by atoms with Crippen molar-refractivity contribution < 1.29 is 9.90 Å². The van der Waals surface area contributed by atoms with Gasteiger partial charge in [0.25, 0.3) is 0 Å². The number of halogens is 2. The smallest absolute Gasteiger partial charge is 0.197 e. The Kier molecular flexibility index (Phi) is 4.10. The Morgan fingerprint density at radius 1 is 1.41 bits per heavy atom. The van der Waals surface area contributed by atoms with Gasteiger partial charge in [0.15, 0.2) is 5.78 Å². The predicted molar refractivity (Wildman–Crippen MR) is 93.8 cm³/mol. The maximum atomic E-state index is 12.9. The minimum Gasteiger partial charge on any atom is -0.505 e. The second kappa shape index (κ2) is 5.89. The molecule has 0 saturated carbocycles. The van der Waals surface area contributed by atoms with Gasteiger partial charge < -0.3 is 5.11 Å². The molecule has 0 bridgehead atoms. The molecule has 0 atom stereocenters. The third-order valence-electron chi connectivity index (χ3n) is 3.45. The summed E-state index contributed by atoms with van der Waals surface area (Å²) in [5.74, 6) is -0.146. The monoisotopic (exact) mass is 426 g/mol. The number of rotatable bonds is 3. The molecule has 3 aromatic rings. The molecule has 0 radical (unpaired) electrons. The molecule has 0 fully saturated rings. The van der Waals surface area contributed by atoms with Crippen molar-refractivity contribution in [2.24, 2.45) is 0 Å². The zero-order valence-corrected chi connectivity index (χ0v) is 14.6. The van der Waals surface area contributed by atoms with Gasteiger partial charge in [0.2, 0.25) is 0 Å². The van der Waals surface area contributed by atoms with Gasteiger partial charge in [-0.15, -0.1) is 0 Å². The molecular formula is C16H12ClIN2O2. The number of aromatic hydroxyl groups is 1. The Bertz CT molecular complexity index is 866. The number of aryl methyl sites for hydroxylation is 1. The Labute approximate surface area is 145 Å². The first kappa shape index (κ1) is 15.3. The highest BCUT2D eigenvalue weighted by Crippen LogP contribution is 2.31. The van der Waals surface area contributed by atoms with Crippen molar-refractivity contribution in [1.29, 1.82) is 0 Å². The van der Waals surface area contributed by atoms with Gasteiger partial charge in [0.05, 0.1) is 25.4 Å². The number of carbonyl (C=O) groups excluding carboxylic acids is 1. The molecule has 4 nitrogen and oxygen atoms in total. The molecule has 22 heavy (non-hydrogen) atoms. The Balaban J connectivity index is 2.21. The number of nitrogens with zero attached hydrogens (tertiary/aromatic N) is 2. The fourth-order valence-corrected chi connectivity index (χ4v) is 3.39. The zero-order valence-electron chi connectivity index (χ0n) is 11.7. The summed E-state index contributed by atoms with van der Waals surface area (Å²) in [6.45, 7) is 1.96. The van der Waals surface area contributed by atoms with E-state index in [9.17, 15) is 9.90 Å². The van der Waals surface area contributed by atoms with Crippen LogP contribution >= 0.6 is 34.2 Å². The van der Waals surface area contributed by atoms with Crippen LogP contribution < -0.4 is 0 Å². The van der Waals surface area contributed by atoms with Gasteiger partial charge in [0.1, 0.15) is 5.75 Å². The van der Waals surface area contributed by atoms with E-state index in [-0.39, 0.29) is 16.6 Å². The van der Waals surface area contributed by atoms with Gasteiger partial charge >= 0.3 is 0 Å². The van der Waals surface area contributed by atoms with E-state index in [1.165, 1.54) is 6.07 Å². The third kappa shape index (κ3) is 2.48. The average molecular weight is 427 g/mol. The van der Waals surface area contributed by atoms with Crippen molar-refractivity contribution >= 4 is 45.5 Å². The van der Waals surface area contributed by atoms with Crippen LogP contribution in [0.4, 0.5) is 0 Å². The number of aromatic nitrogens is 2. The van der Waals surface area contributed by atoms with Crippen LogP contribution in [0.5, 0.6) is 5.75 Å². The number of phenolic OH excluding ortho intramolecular Hbond substituents is 1. The van der Waals surface area contributed by atoms with E-state index < -0.39 is 0 Å². The average Bonchev–Trinajstić information content (AvgIpc) is 2.89. The van der Waals surface area contributed by atoms with Gasteiger partial charge in [-0.2, -0.15) is 5.10 Å². The number of ketones is 1. The van der Waals surface area contributed by atoms with Crippen molar-refractivity contribution in [3.8, 4) is 5.75 Å². The van der Waals surface area contributed by atoms with Crippen LogP contribution in [0, 0.1) is 3.57 Å². The topological polar surface area (TPSA) is 54.6 Å². The minimum absolute atomic E-state index is 0.00519. The van der Waals surface area contributed by atoms with E-state index in [2.05, 4.69) is 5.10 Å². The van der Waals surface area contributed by atoms with Crippen LogP contribution in [0.1, 0.15) is 28.5 Å². The summed E-state index contributed by atoms with van der Waals surface area (Å²) in [7, 11) is 0. The van der Waals surface area contributed by atoms with E-state index in [0.717, 1.165) is 11.2 Å². The second-order valence-corrected chi connectivity index (χ2v) is 6.39. The molecule has 112 valence electrons. The highest BCUT2D eigenvalue weighted by molar-refractivity contribution is 14.1. The number of fused-ring (bicyclic) bond motifs is 1. The summed E-state index contributed by atoms with van der Waals surface area (Å²) in [5, 5.41) is 14.4. The van der Waals surface area contributed by atoms with E-state index >= 15 is 0 Å². The first-order chi connectivity index (χ1) is 10.5. The van der Waals surface area contributed by atoms with Crippen LogP contribution in [0.25, 0.3) is 5.52 Å². The first-order valence-corrected chi connectivity index (χ1v) is 8.17. The van der Waals surface area contributed by atoms with E-state index in [4.69, 9.17) is 11.6 Å². The normalized spacial score (nSPS) is 11.0. The number of hydrogen-bond donors (Lipinski definition) is 1. The van der Waals surface area contributed by atoms with Crippen molar-refractivity contribution in [3.63, 3.8) is 0 Å². The lowest BCUT2D eigenvalue weighted by Crippen LogP contribution is -2.04. The van der Waals surface area contributed by atoms with E-state index in [1.54, 1.807) is 10.6 Å². The van der Waals surface area contributed by atoms with Crippen LogP contribution in [-0.2, 0) is 6.42 Å². The van der Waals surface area contributed by atoms with E-state index in [0.29, 0.717) is 21.1 Å². The molecule has 1 N–H and O–H groups in total. The summed E-state index contributed by atoms with van der Waals surface area (Å²) in [4.78, 5) is 12.9. The molecule has 3 rings (SSSR count). The number of pyridine rings is 1. The molecule has 2 aromatic heterocycles. The summed E-state index contributed by atoms with van der Waals surface area (Å²) < 4.78 is 2.25. The molecule has 2 heterocycles. The Morgan fingerprint density at radius 2 is 2.18 bits per heavy atom. The molecule has 0 amide bonds. The fourth-order valence-electron chi connectivity index (χ4n) is 2.38. The van der Waals surface area contributed by atoms with E-state index in [1.807, 2.05) is 53.9 Å². The van der Waals surface area contributed by atoms with Gasteiger partial charge in [-0.25, -0.2) is 4.52 Å². The van der Waals surface area contributed by atoms with Crippen molar-refractivity contribution in [3.05, 3.63) is 61.9 Å². The number of carbonyl (C=O) groups is 1. The van der Waals surface area contributed by atoms with Gasteiger partial charge in [0, 0.05) is 11.8 Å². The third-order valence-corrected chi connectivity index (χ3v) is 4.56. The first-order valence-electron chi connectivity index (χ1n) is 6.72. The lowest BCUT2D eigenvalue weighted by atomic mass is 10.0. The number of hydrogen-bond acceptors (Lipinski definition) is 3. The fraction of sp³-hybridized carbons (Fsp3) is 0.125.